The first-order valence-corrected chi connectivity index (χ1v) is 8.28. The Morgan fingerprint density at radius 1 is 1.14 bits per heavy atom. The number of halogens is 2. The lowest BCUT2D eigenvalue weighted by Crippen LogP contribution is -2.18. The van der Waals surface area contributed by atoms with Crippen LogP contribution in [0, 0.1) is 0 Å². The summed E-state index contributed by atoms with van der Waals surface area (Å²) in [6, 6.07) is 15.4. The quantitative estimate of drug-likeness (QED) is 0.375. The number of nitrogens with one attached hydrogen (secondary N) is 2. The lowest BCUT2D eigenvalue weighted by Gasteiger charge is -1.99. The Kier molecular flexibility index (Phi) is 7.31. The molecule has 7 nitrogen and oxygen atoms in total. The molecule has 3 rings (SSSR count). The van der Waals surface area contributed by atoms with Crippen molar-refractivity contribution in [2.45, 2.75) is 0 Å². The maximum Gasteiger partial charge on any atom is 0.337 e. The number of carbonyl (C=O) groups is 2. The maximum absolute atomic E-state index is 12.1. The minimum Gasteiger partial charge on any atom is -0.465 e. The van der Waals surface area contributed by atoms with E-state index in [-0.39, 0.29) is 18.1 Å². The van der Waals surface area contributed by atoms with Crippen LogP contribution in [0.25, 0.3) is 11.3 Å². The number of nitrogens with zero attached hydrogens (tertiary/aromatic N) is 2. The van der Waals surface area contributed by atoms with Gasteiger partial charge in [-0.15, -0.1) is 12.4 Å². The second kappa shape index (κ2) is 9.68. The molecule has 0 unspecified atom stereocenters. The van der Waals surface area contributed by atoms with Crippen molar-refractivity contribution in [3.63, 3.8) is 0 Å². The van der Waals surface area contributed by atoms with Crippen molar-refractivity contribution in [2.75, 3.05) is 7.11 Å². The first kappa shape index (κ1) is 21.1. The zero-order chi connectivity index (χ0) is 19.2. The molecule has 0 atom stereocenters. The van der Waals surface area contributed by atoms with Crippen molar-refractivity contribution in [1.29, 1.82) is 0 Å². The van der Waals surface area contributed by atoms with Crippen LogP contribution in [0.4, 0.5) is 0 Å². The second-order valence-corrected chi connectivity index (χ2v) is 5.92. The number of benzene rings is 2. The first-order chi connectivity index (χ1) is 13.1. The first-order valence-electron chi connectivity index (χ1n) is 7.90. The van der Waals surface area contributed by atoms with E-state index in [4.69, 9.17) is 11.6 Å². The molecule has 3 aromatic rings. The minimum absolute atomic E-state index is 0. The Labute approximate surface area is 172 Å². The highest BCUT2D eigenvalue weighted by molar-refractivity contribution is 6.30. The highest BCUT2D eigenvalue weighted by atomic mass is 35.5. The molecule has 144 valence electrons. The van der Waals surface area contributed by atoms with E-state index in [1.807, 2.05) is 12.1 Å². The van der Waals surface area contributed by atoms with Crippen molar-refractivity contribution in [2.24, 2.45) is 5.10 Å². The van der Waals surface area contributed by atoms with E-state index in [2.05, 4.69) is 25.5 Å². The van der Waals surface area contributed by atoms with Gasteiger partial charge in [0.15, 0.2) is 0 Å². The van der Waals surface area contributed by atoms with E-state index in [9.17, 15) is 9.59 Å². The van der Waals surface area contributed by atoms with Crippen molar-refractivity contribution in [3.8, 4) is 11.3 Å². The summed E-state index contributed by atoms with van der Waals surface area (Å²) >= 11 is 5.86. The molecule has 0 fully saturated rings. The Bertz CT molecular complexity index is 983. The number of hydrazone groups is 1. The summed E-state index contributed by atoms with van der Waals surface area (Å²) in [4.78, 5) is 23.5. The Morgan fingerprint density at radius 3 is 2.46 bits per heavy atom. The number of H-pyrrole nitrogens is 1. The molecular weight excluding hydrogens is 403 g/mol. The van der Waals surface area contributed by atoms with E-state index in [1.54, 1.807) is 42.5 Å². The Morgan fingerprint density at radius 2 is 1.82 bits per heavy atom. The number of aromatic nitrogens is 2. The summed E-state index contributed by atoms with van der Waals surface area (Å²) < 4.78 is 4.63. The van der Waals surface area contributed by atoms with Gasteiger partial charge < -0.3 is 4.74 Å². The van der Waals surface area contributed by atoms with Gasteiger partial charge in [-0.2, -0.15) is 10.2 Å². The van der Waals surface area contributed by atoms with Crippen molar-refractivity contribution in [3.05, 3.63) is 76.4 Å². The molecule has 2 aromatic carbocycles. The zero-order valence-electron chi connectivity index (χ0n) is 14.7. The molecule has 0 radical (unpaired) electrons. The standard InChI is InChI=1S/C19H15ClN4O3.ClH/c1-27-19(26)14-4-2-12(3-5-14)11-21-24-18(25)17-10-16(22-23-17)13-6-8-15(20)9-7-13;/h2-11H,1H3,(H,22,23)(H,24,25);1H/b21-11+;. The van der Waals surface area contributed by atoms with Gasteiger partial charge in [-0.25, -0.2) is 10.2 Å². The molecule has 2 N–H and O–H groups in total. The van der Waals surface area contributed by atoms with Crippen LogP contribution < -0.4 is 5.43 Å². The second-order valence-electron chi connectivity index (χ2n) is 5.49. The topological polar surface area (TPSA) is 96.4 Å². The fraction of sp³-hybridized carbons (Fsp3) is 0.0526. The summed E-state index contributed by atoms with van der Waals surface area (Å²) in [5.41, 5.74) is 5.31. The number of hydrogen-bond donors (Lipinski definition) is 2. The van der Waals surface area contributed by atoms with Gasteiger partial charge >= 0.3 is 5.97 Å². The van der Waals surface area contributed by atoms with E-state index < -0.39 is 11.9 Å². The molecule has 0 saturated heterocycles. The zero-order valence-corrected chi connectivity index (χ0v) is 16.3. The molecule has 9 heteroatoms. The molecule has 1 aromatic heterocycles. The van der Waals surface area contributed by atoms with Crippen molar-refractivity contribution in [1.82, 2.24) is 15.6 Å². The summed E-state index contributed by atoms with van der Waals surface area (Å²) in [6.07, 6.45) is 1.47. The fourth-order valence-electron chi connectivity index (χ4n) is 2.26. The number of amides is 1. The highest BCUT2D eigenvalue weighted by Crippen LogP contribution is 2.20. The number of hydrogen-bond acceptors (Lipinski definition) is 5. The molecule has 0 aliphatic carbocycles. The number of esters is 1. The van der Waals surface area contributed by atoms with Crippen LogP contribution in [-0.4, -0.2) is 35.4 Å². The average Bonchev–Trinajstić information content (AvgIpc) is 3.19. The van der Waals surface area contributed by atoms with Crippen LogP contribution in [-0.2, 0) is 4.74 Å². The van der Waals surface area contributed by atoms with Crippen molar-refractivity contribution < 1.29 is 14.3 Å². The summed E-state index contributed by atoms with van der Waals surface area (Å²) in [6.45, 7) is 0. The molecular formula is C19H16Cl2N4O3. The van der Waals surface area contributed by atoms with Gasteiger partial charge in [0.25, 0.3) is 5.91 Å². The molecule has 1 amide bonds. The smallest absolute Gasteiger partial charge is 0.337 e. The largest absolute Gasteiger partial charge is 0.465 e. The van der Waals surface area contributed by atoms with Crippen LogP contribution in [0.2, 0.25) is 5.02 Å². The number of rotatable bonds is 5. The molecule has 0 saturated carbocycles. The predicted molar refractivity (Wildman–Crippen MR) is 109 cm³/mol. The van der Waals surface area contributed by atoms with Crippen LogP contribution in [0.3, 0.4) is 0 Å². The molecule has 0 aliphatic heterocycles. The summed E-state index contributed by atoms with van der Waals surface area (Å²) in [5.74, 6) is -0.840. The lowest BCUT2D eigenvalue weighted by molar-refractivity contribution is 0.0600. The molecule has 0 bridgehead atoms. The van der Waals surface area contributed by atoms with E-state index in [1.165, 1.54) is 13.3 Å². The third kappa shape index (κ3) is 5.18. The Hall–Kier alpha value is -3.16. The van der Waals surface area contributed by atoms with Gasteiger partial charge in [0, 0.05) is 10.6 Å². The molecule has 0 spiro atoms. The van der Waals surface area contributed by atoms with Crippen molar-refractivity contribution >= 4 is 42.1 Å². The van der Waals surface area contributed by atoms with E-state index in [0.717, 1.165) is 11.1 Å². The monoisotopic (exact) mass is 418 g/mol. The van der Waals surface area contributed by atoms with Gasteiger partial charge in [0.1, 0.15) is 5.69 Å². The number of methoxy groups -OCH3 is 1. The number of carbonyl (C=O) groups excluding carboxylic acids is 2. The van der Waals surface area contributed by atoms with Crippen LogP contribution >= 0.6 is 24.0 Å². The minimum atomic E-state index is -0.426. The van der Waals surface area contributed by atoms with E-state index in [0.29, 0.717) is 16.3 Å². The Balaban J connectivity index is 0.00000280. The number of ether oxygens (including phenoxy) is 1. The van der Waals surface area contributed by atoms with Gasteiger partial charge in [0.2, 0.25) is 0 Å². The highest BCUT2D eigenvalue weighted by Gasteiger charge is 2.10. The van der Waals surface area contributed by atoms with Crippen LogP contribution in [0.1, 0.15) is 26.4 Å². The van der Waals surface area contributed by atoms with Gasteiger partial charge in [0.05, 0.1) is 24.6 Å². The molecule has 0 aliphatic rings. The van der Waals surface area contributed by atoms with Gasteiger partial charge in [-0.05, 0) is 35.9 Å². The predicted octanol–water partition coefficient (Wildman–Crippen LogP) is 3.70. The average molecular weight is 419 g/mol. The fourth-order valence-corrected chi connectivity index (χ4v) is 2.38. The molecule has 28 heavy (non-hydrogen) atoms. The normalized spacial score (nSPS) is 10.4. The summed E-state index contributed by atoms with van der Waals surface area (Å²) in [7, 11) is 1.32. The van der Waals surface area contributed by atoms with Crippen LogP contribution in [0.15, 0.2) is 59.7 Å². The summed E-state index contributed by atoms with van der Waals surface area (Å²) in [5, 5.41) is 11.3. The maximum atomic E-state index is 12.1. The van der Waals surface area contributed by atoms with Gasteiger partial charge in [-0.3, -0.25) is 9.89 Å². The van der Waals surface area contributed by atoms with Gasteiger partial charge in [-0.1, -0.05) is 35.9 Å². The SMILES string of the molecule is COC(=O)c1ccc(/C=N/NC(=O)c2cc(-c3ccc(Cl)cc3)n[nH]2)cc1.Cl. The third-order valence-corrected chi connectivity index (χ3v) is 3.93. The van der Waals surface area contributed by atoms with E-state index >= 15 is 0 Å². The number of aromatic amines is 1. The van der Waals surface area contributed by atoms with Crippen LogP contribution in [0.5, 0.6) is 0 Å². The lowest BCUT2D eigenvalue weighted by atomic mass is 10.1. The molecule has 1 heterocycles. The third-order valence-electron chi connectivity index (χ3n) is 3.67.